The molecule has 0 unspecified atom stereocenters. The predicted octanol–water partition coefficient (Wildman–Crippen LogP) is 4.57. The fourth-order valence-corrected chi connectivity index (χ4v) is 7.27. The highest BCUT2D eigenvalue weighted by Crippen LogP contribution is 2.44. The number of alkyl halides is 3. The molecule has 1 aliphatic carbocycles. The molecule has 7 rings (SSSR count). The van der Waals surface area contributed by atoms with Gasteiger partial charge >= 0.3 is 6.18 Å². The molecule has 0 atom stereocenters. The molecule has 2 amide bonds. The van der Waals surface area contributed by atoms with E-state index in [1.807, 2.05) is 42.2 Å². The quantitative estimate of drug-likeness (QED) is 0.214. The highest BCUT2D eigenvalue weighted by molar-refractivity contribution is 6.34. The number of carbonyl (C=O) groups excluding carboxylic acids is 2. The van der Waals surface area contributed by atoms with E-state index >= 15 is 0 Å². The normalized spacial score (nSPS) is 14.1. The molecular weight excluding hydrogens is 741 g/mol. The summed E-state index contributed by atoms with van der Waals surface area (Å²) in [4.78, 5) is 60.0. The second-order valence-electron chi connectivity index (χ2n) is 13.5. The molecule has 0 saturated carbocycles. The fraction of sp³-hybridized carbons (Fsp3) is 0.378. The molecule has 5 aromatic rings. The average molecular weight is 779 g/mol. The minimum absolute atomic E-state index is 0.117. The highest BCUT2D eigenvalue weighted by atomic mass is 35.5. The number of carbonyl (C=O) groups is 2. The highest BCUT2D eigenvalue weighted by Gasteiger charge is 2.39. The van der Waals surface area contributed by atoms with Gasteiger partial charge in [0.05, 0.1) is 27.7 Å². The number of halogens is 4. The third-order valence-electron chi connectivity index (χ3n) is 9.84. The summed E-state index contributed by atoms with van der Waals surface area (Å²) in [7, 11) is 3.44. The number of benzene rings is 2. The number of aromatic nitrogens is 6. The molecule has 1 fully saturated rings. The van der Waals surface area contributed by atoms with Crippen molar-refractivity contribution in [3.63, 3.8) is 0 Å². The second-order valence-corrected chi connectivity index (χ2v) is 13.9. The van der Waals surface area contributed by atoms with Crippen LogP contribution in [0.15, 0.2) is 47.5 Å². The van der Waals surface area contributed by atoms with Gasteiger partial charge in [-0.1, -0.05) is 48.9 Å². The van der Waals surface area contributed by atoms with Crippen LogP contribution in [0.25, 0.3) is 5.78 Å². The monoisotopic (exact) mass is 778 g/mol. The minimum atomic E-state index is -4.57. The number of nitrogens with zero attached hydrogens (tertiary/aromatic N) is 9. The van der Waals surface area contributed by atoms with Crippen molar-refractivity contribution in [1.82, 2.24) is 34.0 Å². The van der Waals surface area contributed by atoms with Gasteiger partial charge in [0, 0.05) is 40.3 Å². The number of piperazine rings is 1. The lowest BCUT2D eigenvalue weighted by molar-refractivity contribution is -0.138. The Bertz CT molecular complexity index is 2360. The zero-order valence-corrected chi connectivity index (χ0v) is 31.3. The van der Waals surface area contributed by atoms with Crippen LogP contribution in [-0.4, -0.2) is 86.1 Å². The molecule has 1 saturated heterocycles. The number of nitrogens with one attached hydrogen (secondary N) is 1. The molecule has 14 nitrogen and oxygen atoms in total. The molecule has 55 heavy (non-hydrogen) atoms. The molecule has 0 bridgehead atoms. The maximum atomic E-state index is 14.2. The Morgan fingerprint density at radius 3 is 2.38 bits per heavy atom. The van der Waals surface area contributed by atoms with Crippen LogP contribution in [0.4, 0.5) is 30.5 Å². The number of rotatable bonds is 10. The van der Waals surface area contributed by atoms with E-state index in [1.54, 1.807) is 35.4 Å². The number of hydrogen-bond donors (Lipinski definition) is 1. The first-order valence-corrected chi connectivity index (χ1v) is 18.1. The zero-order chi connectivity index (χ0) is 39.2. The largest absolute Gasteiger partial charge is 0.485 e. The van der Waals surface area contributed by atoms with Crippen molar-refractivity contribution < 1.29 is 27.5 Å². The zero-order valence-electron chi connectivity index (χ0n) is 30.6. The van der Waals surface area contributed by atoms with Crippen LogP contribution in [0.5, 0.6) is 5.75 Å². The van der Waals surface area contributed by atoms with Crippen LogP contribution in [0, 0.1) is 6.92 Å². The van der Waals surface area contributed by atoms with Crippen molar-refractivity contribution in [2.45, 2.75) is 52.4 Å². The molecule has 0 radical (unpaired) electrons. The smallest absolute Gasteiger partial charge is 0.416 e. The standard InChI is InChI=1S/C37H38ClF3N10O4/c1-5-27-31(48-13-15-49(16-14-48)33(53)30-32(21(2)42-20-43-30)55-19-22-9-7-6-8-10-22)34(54)51-36(45-35(46-51)47(3)4)50(27)18-28(52)44-29-24-12-11-23(24)25(17-26(29)38)37(39,40)41/h6-10,17,20H,5,11-16,18-19H2,1-4H3,(H,44,52). The minimum Gasteiger partial charge on any atom is -0.485 e. The summed E-state index contributed by atoms with van der Waals surface area (Å²) in [6.07, 6.45) is -2.37. The Labute approximate surface area is 318 Å². The van der Waals surface area contributed by atoms with E-state index in [1.165, 1.54) is 6.33 Å². The van der Waals surface area contributed by atoms with Gasteiger partial charge in [-0.2, -0.15) is 22.7 Å². The van der Waals surface area contributed by atoms with Gasteiger partial charge in [-0.15, -0.1) is 5.10 Å². The predicted molar refractivity (Wildman–Crippen MR) is 199 cm³/mol. The van der Waals surface area contributed by atoms with Gasteiger partial charge in [-0.05, 0) is 48.9 Å². The summed E-state index contributed by atoms with van der Waals surface area (Å²) in [6, 6.07) is 10.4. The van der Waals surface area contributed by atoms with Gasteiger partial charge in [-0.3, -0.25) is 14.4 Å². The molecule has 2 aliphatic rings. The third kappa shape index (κ3) is 7.15. The van der Waals surface area contributed by atoms with Crippen LogP contribution in [-0.2, 0) is 43.4 Å². The van der Waals surface area contributed by atoms with Crippen LogP contribution < -0.4 is 25.4 Å². The molecule has 18 heteroatoms. The maximum absolute atomic E-state index is 14.2. The summed E-state index contributed by atoms with van der Waals surface area (Å²) < 4.78 is 49.8. The number of ether oxygens (including phenoxy) is 1. The van der Waals surface area contributed by atoms with Crippen molar-refractivity contribution >= 4 is 46.5 Å². The van der Waals surface area contributed by atoms with Gasteiger partial charge < -0.3 is 29.3 Å². The van der Waals surface area contributed by atoms with Crippen LogP contribution in [0.2, 0.25) is 5.02 Å². The van der Waals surface area contributed by atoms with Crippen molar-refractivity contribution in [3.05, 3.63) is 97.4 Å². The Morgan fingerprint density at radius 1 is 1.04 bits per heavy atom. The van der Waals surface area contributed by atoms with E-state index in [4.69, 9.17) is 16.3 Å². The first-order valence-electron chi connectivity index (χ1n) is 17.7. The fourth-order valence-electron chi connectivity index (χ4n) is 7.00. The Kier molecular flexibility index (Phi) is 10.1. The van der Waals surface area contributed by atoms with E-state index < -0.39 is 23.2 Å². The topological polar surface area (TPSA) is 143 Å². The molecule has 288 valence electrons. The summed E-state index contributed by atoms with van der Waals surface area (Å²) >= 11 is 6.32. The van der Waals surface area contributed by atoms with E-state index in [0.717, 1.165) is 16.1 Å². The lowest BCUT2D eigenvalue weighted by Gasteiger charge is -2.36. The first-order chi connectivity index (χ1) is 26.3. The number of anilines is 3. The van der Waals surface area contributed by atoms with Gasteiger partial charge in [0.25, 0.3) is 11.5 Å². The van der Waals surface area contributed by atoms with E-state index in [2.05, 4.69) is 25.4 Å². The van der Waals surface area contributed by atoms with E-state index in [-0.39, 0.29) is 85.4 Å². The van der Waals surface area contributed by atoms with Crippen molar-refractivity contribution in [1.29, 1.82) is 0 Å². The summed E-state index contributed by atoms with van der Waals surface area (Å²) in [6.45, 7) is 4.53. The van der Waals surface area contributed by atoms with Gasteiger partial charge in [0.15, 0.2) is 11.4 Å². The van der Waals surface area contributed by atoms with Crippen molar-refractivity contribution in [2.24, 2.45) is 0 Å². The lowest BCUT2D eigenvalue weighted by Crippen LogP contribution is -2.51. The Morgan fingerprint density at radius 2 is 1.75 bits per heavy atom. The second kappa shape index (κ2) is 14.8. The molecule has 1 aliphatic heterocycles. The van der Waals surface area contributed by atoms with Gasteiger partial charge in [0.2, 0.25) is 17.6 Å². The molecular formula is C37H38ClF3N10O4. The van der Waals surface area contributed by atoms with Crippen LogP contribution in [0.3, 0.4) is 0 Å². The summed E-state index contributed by atoms with van der Waals surface area (Å²) in [5.74, 6) is -0.256. The molecule has 4 heterocycles. The molecule has 3 aromatic heterocycles. The third-order valence-corrected chi connectivity index (χ3v) is 10.1. The molecule has 0 spiro atoms. The Hall–Kier alpha value is -5.71. The van der Waals surface area contributed by atoms with Crippen molar-refractivity contribution in [2.75, 3.05) is 55.4 Å². The van der Waals surface area contributed by atoms with Crippen LogP contribution >= 0.6 is 11.6 Å². The number of fused-ring (bicyclic) bond motifs is 2. The van der Waals surface area contributed by atoms with Crippen molar-refractivity contribution in [3.8, 4) is 5.75 Å². The van der Waals surface area contributed by atoms with Gasteiger partial charge in [0.1, 0.15) is 25.2 Å². The maximum Gasteiger partial charge on any atom is 0.416 e. The summed E-state index contributed by atoms with van der Waals surface area (Å²) in [5, 5.41) is 6.96. The number of hydrogen-bond acceptors (Lipinski definition) is 10. The molecule has 1 N–H and O–H groups in total. The number of amides is 2. The molecule has 2 aromatic carbocycles. The SMILES string of the molecule is CCc1c(N2CCN(C(=O)c3ncnc(C)c3OCc3ccccc3)CC2)c(=O)n2nc(N(C)C)nc2n1CC(=O)Nc1c(Cl)cc(C(F)(F)F)c2c1CC2. The number of aryl methyl sites for hydroxylation is 1. The lowest BCUT2D eigenvalue weighted by atomic mass is 9.83. The average Bonchev–Trinajstić information content (AvgIpc) is 3.60. The summed E-state index contributed by atoms with van der Waals surface area (Å²) in [5.41, 5.74) is 1.75. The van der Waals surface area contributed by atoms with E-state index in [0.29, 0.717) is 41.2 Å². The van der Waals surface area contributed by atoms with Crippen LogP contribution in [0.1, 0.15) is 51.1 Å². The first kappa shape index (κ1) is 37.6. The Balaban J connectivity index is 1.16. The van der Waals surface area contributed by atoms with Gasteiger partial charge in [-0.25, -0.2) is 9.97 Å². The van der Waals surface area contributed by atoms with E-state index in [9.17, 15) is 27.6 Å².